The van der Waals surface area contributed by atoms with Gasteiger partial charge in [-0.25, -0.2) is 0 Å². The zero-order chi connectivity index (χ0) is 19.6. The molecule has 0 unspecified atom stereocenters. The molecule has 0 radical (unpaired) electrons. The molecule has 0 atom stereocenters. The molecule has 0 saturated carbocycles. The van der Waals surface area contributed by atoms with E-state index in [0.717, 1.165) is 17.0 Å². The van der Waals surface area contributed by atoms with Gasteiger partial charge in [0.05, 0.1) is 13.2 Å². The summed E-state index contributed by atoms with van der Waals surface area (Å²) in [6, 6.07) is 24.9. The van der Waals surface area contributed by atoms with Gasteiger partial charge in [-0.2, -0.15) is 0 Å². The largest absolute Gasteiger partial charge is 0.494 e. The van der Waals surface area contributed by atoms with Crippen molar-refractivity contribution in [3.63, 3.8) is 0 Å². The first-order chi connectivity index (χ1) is 13.7. The Hall–Kier alpha value is -3.47. The average molecular weight is 376 g/mol. The van der Waals surface area contributed by atoms with Crippen LogP contribution in [-0.4, -0.2) is 19.1 Å². The van der Waals surface area contributed by atoms with E-state index in [1.165, 1.54) is 0 Å². The van der Waals surface area contributed by atoms with Crippen molar-refractivity contribution in [2.24, 2.45) is 0 Å². The van der Waals surface area contributed by atoms with Gasteiger partial charge in [-0.15, -0.1) is 0 Å². The van der Waals surface area contributed by atoms with Gasteiger partial charge >= 0.3 is 0 Å². The second kappa shape index (κ2) is 10.0. The van der Waals surface area contributed by atoms with E-state index in [4.69, 9.17) is 9.47 Å². The lowest BCUT2D eigenvalue weighted by atomic mass is 10.2. The summed E-state index contributed by atoms with van der Waals surface area (Å²) < 4.78 is 11.2. The Labute approximate surface area is 165 Å². The SMILES string of the molecule is CCOc1ccc(NCC(=O)Nc2cccc(OCc3ccccc3)c2)cc1. The Bertz CT molecular complexity index is 880. The van der Waals surface area contributed by atoms with E-state index in [1.54, 1.807) is 0 Å². The minimum Gasteiger partial charge on any atom is -0.494 e. The minimum atomic E-state index is -0.130. The number of hydrogen-bond acceptors (Lipinski definition) is 4. The zero-order valence-corrected chi connectivity index (χ0v) is 15.9. The van der Waals surface area contributed by atoms with Crippen LogP contribution in [0.25, 0.3) is 0 Å². The highest BCUT2D eigenvalue weighted by atomic mass is 16.5. The van der Waals surface area contributed by atoms with E-state index in [1.807, 2.05) is 85.8 Å². The third-order valence-electron chi connectivity index (χ3n) is 3.98. The van der Waals surface area contributed by atoms with Crippen LogP contribution in [0.5, 0.6) is 11.5 Å². The van der Waals surface area contributed by atoms with Crippen molar-refractivity contribution in [1.29, 1.82) is 0 Å². The number of ether oxygens (including phenoxy) is 2. The fourth-order valence-corrected chi connectivity index (χ4v) is 2.63. The van der Waals surface area contributed by atoms with E-state index in [-0.39, 0.29) is 12.5 Å². The second-order valence-electron chi connectivity index (χ2n) is 6.16. The maximum absolute atomic E-state index is 12.2. The standard InChI is InChI=1S/C23H24N2O3/c1-2-27-21-13-11-19(12-14-21)24-16-23(26)25-20-9-6-10-22(15-20)28-17-18-7-4-3-5-8-18/h3-15,24H,2,16-17H2,1H3,(H,25,26). The molecule has 0 heterocycles. The van der Waals surface area contributed by atoms with Gasteiger partial charge in [0.25, 0.3) is 0 Å². The van der Waals surface area contributed by atoms with E-state index >= 15 is 0 Å². The van der Waals surface area contributed by atoms with Crippen LogP contribution in [-0.2, 0) is 11.4 Å². The molecular formula is C23H24N2O3. The third-order valence-corrected chi connectivity index (χ3v) is 3.98. The number of hydrogen-bond donors (Lipinski definition) is 2. The van der Waals surface area contributed by atoms with Crippen LogP contribution in [0, 0.1) is 0 Å². The number of benzene rings is 3. The average Bonchev–Trinajstić information content (AvgIpc) is 2.73. The Morgan fingerprint density at radius 1 is 0.821 bits per heavy atom. The molecule has 5 heteroatoms. The minimum absolute atomic E-state index is 0.130. The normalized spacial score (nSPS) is 10.2. The zero-order valence-electron chi connectivity index (χ0n) is 15.9. The van der Waals surface area contributed by atoms with Crippen molar-refractivity contribution < 1.29 is 14.3 Å². The van der Waals surface area contributed by atoms with Crippen LogP contribution < -0.4 is 20.1 Å². The first kappa shape index (κ1) is 19.3. The number of nitrogens with one attached hydrogen (secondary N) is 2. The van der Waals surface area contributed by atoms with Crippen LogP contribution in [0.2, 0.25) is 0 Å². The highest BCUT2D eigenvalue weighted by Gasteiger charge is 2.04. The van der Waals surface area contributed by atoms with E-state index in [2.05, 4.69) is 10.6 Å². The van der Waals surface area contributed by atoms with Crippen molar-refractivity contribution in [3.05, 3.63) is 84.4 Å². The Kier molecular flexibility index (Phi) is 6.90. The van der Waals surface area contributed by atoms with Gasteiger partial charge in [0.2, 0.25) is 5.91 Å². The van der Waals surface area contributed by atoms with Crippen LogP contribution in [0.3, 0.4) is 0 Å². The van der Waals surface area contributed by atoms with Crippen molar-refractivity contribution in [1.82, 2.24) is 0 Å². The molecule has 3 aromatic carbocycles. The monoisotopic (exact) mass is 376 g/mol. The number of rotatable bonds is 9. The summed E-state index contributed by atoms with van der Waals surface area (Å²) in [6.07, 6.45) is 0. The summed E-state index contributed by atoms with van der Waals surface area (Å²) in [5, 5.41) is 5.97. The first-order valence-electron chi connectivity index (χ1n) is 9.26. The molecule has 144 valence electrons. The summed E-state index contributed by atoms with van der Waals surface area (Å²) in [7, 11) is 0. The number of anilines is 2. The van der Waals surface area contributed by atoms with E-state index < -0.39 is 0 Å². The smallest absolute Gasteiger partial charge is 0.243 e. The Morgan fingerprint density at radius 3 is 2.36 bits per heavy atom. The maximum atomic E-state index is 12.2. The summed E-state index contributed by atoms with van der Waals surface area (Å²) in [4.78, 5) is 12.2. The summed E-state index contributed by atoms with van der Waals surface area (Å²) in [5.74, 6) is 1.39. The van der Waals surface area contributed by atoms with Crippen molar-refractivity contribution in [2.75, 3.05) is 23.8 Å². The molecular weight excluding hydrogens is 352 g/mol. The lowest BCUT2D eigenvalue weighted by Crippen LogP contribution is -2.21. The molecule has 0 aliphatic rings. The van der Waals surface area contributed by atoms with E-state index in [0.29, 0.717) is 24.7 Å². The molecule has 0 spiro atoms. The molecule has 28 heavy (non-hydrogen) atoms. The number of amides is 1. The molecule has 0 aliphatic heterocycles. The lowest BCUT2D eigenvalue weighted by Gasteiger charge is -2.11. The maximum Gasteiger partial charge on any atom is 0.243 e. The molecule has 3 rings (SSSR count). The topological polar surface area (TPSA) is 59.6 Å². The fourth-order valence-electron chi connectivity index (χ4n) is 2.63. The molecule has 1 amide bonds. The molecule has 0 aromatic heterocycles. The van der Waals surface area contributed by atoms with Crippen LogP contribution in [0.4, 0.5) is 11.4 Å². The van der Waals surface area contributed by atoms with Gasteiger partial charge in [0.1, 0.15) is 18.1 Å². The summed E-state index contributed by atoms with van der Waals surface area (Å²) in [6.45, 7) is 3.22. The van der Waals surface area contributed by atoms with Gasteiger partial charge < -0.3 is 20.1 Å². The third kappa shape index (κ3) is 6.06. The van der Waals surface area contributed by atoms with Gasteiger partial charge in [-0.05, 0) is 48.9 Å². The molecule has 0 aliphatic carbocycles. The molecule has 0 saturated heterocycles. The second-order valence-corrected chi connectivity index (χ2v) is 6.16. The predicted molar refractivity (Wildman–Crippen MR) is 112 cm³/mol. The quantitative estimate of drug-likeness (QED) is 0.568. The van der Waals surface area contributed by atoms with E-state index in [9.17, 15) is 4.79 Å². The van der Waals surface area contributed by atoms with Crippen molar-refractivity contribution >= 4 is 17.3 Å². The molecule has 2 N–H and O–H groups in total. The summed E-state index contributed by atoms with van der Waals surface area (Å²) >= 11 is 0. The predicted octanol–water partition coefficient (Wildman–Crippen LogP) is 4.71. The van der Waals surface area contributed by atoms with Crippen molar-refractivity contribution in [3.8, 4) is 11.5 Å². The Morgan fingerprint density at radius 2 is 1.61 bits per heavy atom. The van der Waals surface area contributed by atoms with Gasteiger partial charge in [-0.1, -0.05) is 36.4 Å². The van der Waals surface area contributed by atoms with Crippen molar-refractivity contribution in [2.45, 2.75) is 13.5 Å². The highest BCUT2D eigenvalue weighted by molar-refractivity contribution is 5.93. The molecule has 3 aromatic rings. The van der Waals surface area contributed by atoms with Crippen LogP contribution in [0.1, 0.15) is 12.5 Å². The van der Waals surface area contributed by atoms with Crippen LogP contribution >= 0.6 is 0 Å². The molecule has 5 nitrogen and oxygen atoms in total. The Balaban J connectivity index is 1.48. The lowest BCUT2D eigenvalue weighted by molar-refractivity contribution is -0.114. The fraction of sp³-hybridized carbons (Fsp3) is 0.174. The molecule has 0 fully saturated rings. The van der Waals surface area contributed by atoms with Gasteiger partial charge in [-0.3, -0.25) is 4.79 Å². The number of carbonyl (C=O) groups excluding carboxylic acids is 1. The number of carbonyl (C=O) groups is 1. The first-order valence-corrected chi connectivity index (χ1v) is 9.26. The molecule has 0 bridgehead atoms. The van der Waals surface area contributed by atoms with Gasteiger partial charge in [0, 0.05) is 17.4 Å². The van der Waals surface area contributed by atoms with Crippen LogP contribution in [0.15, 0.2) is 78.9 Å². The highest BCUT2D eigenvalue weighted by Crippen LogP contribution is 2.19. The summed E-state index contributed by atoms with van der Waals surface area (Å²) in [5.41, 5.74) is 2.65. The van der Waals surface area contributed by atoms with Gasteiger partial charge in [0.15, 0.2) is 0 Å².